The highest BCUT2D eigenvalue weighted by Crippen LogP contribution is 2.30. The number of thiazole rings is 1. The molecule has 0 atom stereocenters. The van der Waals surface area contributed by atoms with E-state index in [4.69, 9.17) is 0 Å². The largest absolute Gasteiger partial charge is 0.301 e. The van der Waals surface area contributed by atoms with Gasteiger partial charge in [-0.25, -0.2) is 9.37 Å². The summed E-state index contributed by atoms with van der Waals surface area (Å²) in [5.41, 5.74) is 1.66. The van der Waals surface area contributed by atoms with Gasteiger partial charge in [0.15, 0.2) is 5.13 Å². The van der Waals surface area contributed by atoms with E-state index in [1.54, 1.807) is 12.1 Å². The van der Waals surface area contributed by atoms with Crippen molar-refractivity contribution in [3.8, 4) is 11.3 Å². The van der Waals surface area contributed by atoms with E-state index in [9.17, 15) is 9.18 Å². The molecule has 150 valence electrons. The van der Waals surface area contributed by atoms with Gasteiger partial charge in [0.05, 0.1) is 12.2 Å². The van der Waals surface area contributed by atoms with Crippen molar-refractivity contribution >= 4 is 22.4 Å². The summed E-state index contributed by atoms with van der Waals surface area (Å²) in [6.07, 6.45) is 4.96. The number of amides is 1. The first kappa shape index (κ1) is 19.5. The molecule has 2 aromatic rings. The Bertz CT molecular complexity index is 808. The molecule has 1 aromatic carbocycles. The topological polar surface area (TPSA) is 48.5 Å². The summed E-state index contributed by atoms with van der Waals surface area (Å²) in [5, 5.41) is 3.55. The Balaban J connectivity index is 1.29. The number of carbonyl (C=O) groups excluding carboxylic acids is 1. The molecule has 2 aliphatic heterocycles. The lowest BCUT2D eigenvalue weighted by Crippen LogP contribution is -2.45. The van der Waals surface area contributed by atoms with Crippen molar-refractivity contribution in [2.45, 2.75) is 38.6 Å². The zero-order chi connectivity index (χ0) is 19.5. The van der Waals surface area contributed by atoms with E-state index in [1.807, 2.05) is 6.92 Å². The lowest BCUT2D eigenvalue weighted by molar-refractivity contribution is -0.117. The Kier molecular flexibility index (Phi) is 6.04. The quantitative estimate of drug-likeness (QED) is 0.827. The van der Waals surface area contributed by atoms with Crippen LogP contribution in [-0.4, -0.2) is 59.5 Å². The van der Waals surface area contributed by atoms with Gasteiger partial charge in [0.2, 0.25) is 5.91 Å². The number of aryl methyl sites for hydroxylation is 1. The van der Waals surface area contributed by atoms with E-state index in [2.05, 4.69) is 20.1 Å². The molecule has 0 unspecified atom stereocenters. The number of hydrogen-bond donors (Lipinski definition) is 1. The summed E-state index contributed by atoms with van der Waals surface area (Å²) in [7, 11) is 0. The first-order chi connectivity index (χ1) is 13.6. The van der Waals surface area contributed by atoms with Gasteiger partial charge in [-0.1, -0.05) is 0 Å². The average molecular weight is 403 g/mol. The Labute approximate surface area is 169 Å². The molecule has 5 nitrogen and oxygen atoms in total. The second kappa shape index (κ2) is 8.68. The van der Waals surface area contributed by atoms with Gasteiger partial charge in [-0.15, -0.1) is 11.3 Å². The van der Waals surface area contributed by atoms with E-state index in [1.165, 1.54) is 49.4 Å². The van der Waals surface area contributed by atoms with E-state index in [0.717, 1.165) is 42.1 Å². The summed E-state index contributed by atoms with van der Waals surface area (Å²) >= 11 is 1.46. The zero-order valence-electron chi connectivity index (χ0n) is 16.3. The standard InChI is InChI=1S/C21H27FN4OS/c1-15-20(16-4-6-17(22)7-5-16)24-21(28-15)23-19(27)14-25-12-8-18(9-13-25)26-10-2-3-11-26/h4-7,18H,2-3,8-14H2,1H3,(H,23,24,27). The lowest BCUT2D eigenvalue weighted by Gasteiger charge is -2.36. The van der Waals surface area contributed by atoms with Gasteiger partial charge in [-0.3, -0.25) is 9.69 Å². The first-order valence-corrected chi connectivity index (χ1v) is 10.9. The third kappa shape index (κ3) is 4.59. The van der Waals surface area contributed by atoms with Gasteiger partial charge < -0.3 is 10.2 Å². The van der Waals surface area contributed by atoms with Crippen LogP contribution in [0.1, 0.15) is 30.6 Å². The van der Waals surface area contributed by atoms with Crippen LogP contribution in [0.15, 0.2) is 24.3 Å². The van der Waals surface area contributed by atoms with Gasteiger partial charge in [-0.2, -0.15) is 0 Å². The number of rotatable bonds is 5. The van der Waals surface area contributed by atoms with Gasteiger partial charge in [0.25, 0.3) is 0 Å². The van der Waals surface area contributed by atoms with Crippen molar-refractivity contribution in [1.82, 2.24) is 14.8 Å². The van der Waals surface area contributed by atoms with E-state index >= 15 is 0 Å². The van der Waals surface area contributed by atoms with Gasteiger partial charge in [0, 0.05) is 29.6 Å². The van der Waals surface area contributed by atoms with E-state index < -0.39 is 0 Å². The summed E-state index contributed by atoms with van der Waals surface area (Å²) in [5.74, 6) is -0.280. The molecule has 7 heteroatoms. The summed E-state index contributed by atoms with van der Waals surface area (Å²) in [6, 6.07) is 6.98. The number of piperidine rings is 1. The van der Waals surface area contributed by atoms with Crippen LogP contribution in [0.2, 0.25) is 0 Å². The minimum atomic E-state index is -0.265. The summed E-state index contributed by atoms with van der Waals surface area (Å²) < 4.78 is 13.1. The van der Waals surface area contributed by atoms with Gasteiger partial charge in [0.1, 0.15) is 5.82 Å². The molecule has 4 rings (SSSR count). The van der Waals surface area contributed by atoms with Crippen LogP contribution in [0.25, 0.3) is 11.3 Å². The molecular weight excluding hydrogens is 375 g/mol. The van der Waals surface area contributed by atoms with Crippen LogP contribution < -0.4 is 5.32 Å². The number of likely N-dealkylation sites (tertiary alicyclic amines) is 2. The smallest absolute Gasteiger partial charge is 0.240 e. The number of anilines is 1. The predicted octanol–water partition coefficient (Wildman–Crippen LogP) is 3.76. The van der Waals surface area contributed by atoms with Crippen LogP contribution in [0.4, 0.5) is 9.52 Å². The Morgan fingerprint density at radius 1 is 1.18 bits per heavy atom. The van der Waals surface area contributed by atoms with Crippen molar-refractivity contribution < 1.29 is 9.18 Å². The van der Waals surface area contributed by atoms with Crippen molar-refractivity contribution in [3.05, 3.63) is 35.0 Å². The number of benzene rings is 1. The molecule has 1 aromatic heterocycles. The molecule has 0 spiro atoms. The molecule has 1 N–H and O–H groups in total. The molecule has 2 fully saturated rings. The van der Waals surface area contributed by atoms with Crippen LogP contribution in [0, 0.1) is 12.7 Å². The third-order valence-corrected chi connectivity index (χ3v) is 6.63. The lowest BCUT2D eigenvalue weighted by atomic mass is 10.0. The highest BCUT2D eigenvalue weighted by Gasteiger charge is 2.27. The van der Waals surface area contributed by atoms with E-state index in [-0.39, 0.29) is 11.7 Å². The normalized spacial score (nSPS) is 19.2. The van der Waals surface area contributed by atoms with Crippen molar-refractivity contribution in [3.63, 3.8) is 0 Å². The predicted molar refractivity (Wildman–Crippen MR) is 111 cm³/mol. The maximum absolute atomic E-state index is 13.1. The second-order valence-electron chi connectivity index (χ2n) is 7.73. The second-order valence-corrected chi connectivity index (χ2v) is 8.93. The number of halogens is 1. The zero-order valence-corrected chi connectivity index (χ0v) is 17.1. The Hall–Kier alpha value is -1.83. The van der Waals surface area contributed by atoms with Crippen LogP contribution in [-0.2, 0) is 4.79 Å². The summed E-state index contributed by atoms with van der Waals surface area (Å²) in [4.78, 5) is 22.9. The SMILES string of the molecule is Cc1sc(NC(=O)CN2CCC(N3CCCC3)CC2)nc1-c1ccc(F)cc1. The molecule has 0 saturated carbocycles. The van der Waals surface area contributed by atoms with Gasteiger partial charge in [-0.05, 0) is 70.0 Å². The highest BCUT2D eigenvalue weighted by atomic mass is 32.1. The number of carbonyl (C=O) groups is 1. The average Bonchev–Trinajstić information content (AvgIpc) is 3.33. The Morgan fingerprint density at radius 2 is 1.86 bits per heavy atom. The highest BCUT2D eigenvalue weighted by molar-refractivity contribution is 7.16. The number of nitrogens with zero attached hydrogens (tertiary/aromatic N) is 3. The van der Waals surface area contributed by atoms with Crippen molar-refractivity contribution in [2.75, 3.05) is 38.0 Å². The van der Waals surface area contributed by atoms with Gasteiger partial charge >= 0.3 is 0 Å². The molecule has 1 amide bonds. The molecule has 0 radical (unpaired) electrons. The summed E-state index contributed by atoms with van der Waals surface area (Å²) in [6.45, 7) is 6.82. The fourth-order valence-corrected chi connectivity index (χ4v) is 5.09. The molecule has 28 heavy (non-hydrogen) atoms. The van der Waals surface area contributed by atoms with Crippen molar-refractivity contribution in [1.29, 1.82) is 0 Å². The fourth-order valence-electron chi connectivity index (χ4n) is 4.24. The van der Waals surface area contributed by atoms with Crippen molar-refractivity contribution in [2.24, 2.45) is 0 Å². The molecule has 0 bridgehead atoms. The first-order valence-electron chi connectivity index (χ1n) is 10.1. The molecule has 2 saturated heterocycles. The maximum Gasteiger partial charge on any atom is 0.240 e. The maximum atomic E-state index is 13.1. The van der Waals surface area contributed by atoms with Crippen LogP contribution in [0.5, 0.6) is 0 Å². The number of aromatic nitrogens is 1. The molecular formula is C21H27FN4OS. The van der Waals surface area contributed by atoms with Crippen LogP contribution in [0.3, 0.4) is 0 Å². The molecule has 2 aliphatic rings. The van der Waals surface area contributed by atoms with E-state index in [0.29, 0.717) is 17.7 Å². The monoisotopic (exact) mass is 402 g/mol. The Morgan fingerprint density at radius 3 is 2.54 bits per heavy atom. The molecule has 0 aliphatic carbocycles. The third-order valence-electron chi connectivity index (χ3n) is 5.74. The number of hydrogen-bond acceptors (Lipinski definition) is 5. The fraction of sp³-hybridized carbons (Fsp3) is 0.524. The number of nitrogens with one attached hydrogen (secondary N) is 1. The van der Waals surface area contributed by atoms with Crippen LogP contribution >= 0.6 is 11.3 Å². The minimum Gasteiger partial charge on any atom is -0.301 e. The molecule has 3 heterocycles. The minimum absolute atomic E-state index is 0.0148.